The van der Waals surface area contributed by atoms with Crippen LogP contribution in [0.2, 0.25) is 0 Å². The maximum absolute atomic E-state index is 13.5. The number of alkyl halides is 3. The van der Waals surface area contributed by atoms with Crippen LogP contribution in [0.3, 0.4) is 0 Å². The van der Waals surface area contributed by atoms with E-state index in [1.54, 1.807) is 29.0 Å². The normalized spacial score (nSPS) is 14.7. The van der Waals surface area contributed by atoms with Gasteiger partial charge in [0.15, 0.2) is 0 Å². The van der Waals surface area contributed by atoms with Crippen molar-refractivity contribution in [2.75, 3.05) is 7.05 Å². The third-order valence-electron chi connectivity index (χ3n) is 6.38. The molecule has 0 radical (unpaired) electrons. The molecule has 180 valence electrons. The largest absolute Gasteiger partial charge is 0.416 e. The van der Waals surface area contributed by atoms with Crippen LogP contribution >= 0.6 is 0 Å². The number of hydrogen-bond acceptors (Lipinski definition) is 4. The highest BCUT2D eigenvalue weighted by Crippen LogP contribution is 2.43. The molecule has 2 aromatic heterocycles. The molecule has 35 heavy (non-hydrogen) atoms. The summed E-state index contributed by atoms with van der Waals surface area (Å²) in [5.74, 6) is -0.130. The van der Waals surface area contributed by atoms with E-state index < -0.39 is 11.7 Å². The van der Waals surface area contributed by atoms with E-state index in [4.69, 9.17) is 0 Å². The van der Waals surface area contributed by atoms with Crippen molar-refractivity contribution >= 4 is 5.91 Å². The number of carbonyl (C=O) groups is 1. The lowest BCUT2D eigenvalue weighted by atomic mass is 10.0. The zero-order chi connectivity index (χ0) is 24.7. The minimum Gasteiger partial charge on any atom is -0.335 e. The SMILES string of the molecule is CC(c1ccc(-n2cncn2)cc1)N(C)C(=O)c1cnn(-c2cccc(C(F)(F)F)c2)c1C1CC1. The molecule has 2 heterocycles. The van der Waals surface area contributed by atoms with Crippen molar-refractivity contribution in [1.29, 1.82) is 0 Å². The maximum atomic E-state index is 13.5. The summed E-state index contributed by atoms with van der Waals surface area (Å²) in [6.45, 7) is 1.93. The average Bonchev–Trinajstić information content (AvgIpc) is 3.36. The van der Waals surface area contributed by atoms with E-state index in [9.17, 15) is 18.0 Å². The number of halogens is 3. The highest BCUT2D eigenvalue weighted by atomic mass is 19.4. The fraction of sp³-hybridized carbons (Fsp3) is 0.280. The molecule has 0 aliphatic heterocycles. The van der Waals surface area contributed by atoms with Gasteiger partial charge in [0, 0.05) is 13.0 Å². The Morgan fingerprint density at radius 1 is 1.09 bits per heavy atom. The number of amides is 1. The maximum Gasteiger partial charge on any atom is 0.416 e. The molecule has 1 atom stereocenters. The second kappa shape index (κ2) is 8.68. The van der Waals surface area contributed by atoms with E-state index in [-0.39, 0.29) is 17.9 Å². The molecule has 1 amide bonds. The highest BCUT2D eigenvalue weighted by Gasteiger charge is 2.35. The van der Waals surface area contributed by atoms with Gasteiger partial charge in [-0.3, -0.25) is 4.79 Å². The fourth-order valence-corrected chi connectivity index (χ4v) is 4.13. The van der Waals surface area contributed by atoms with Gasteiger partial charge in [-0.1, -0.05) is 18.2 Å². The standard InChI is InChI=1S/C25H23F3N6O/c1-16(17-8-10-20(11-9-17)33-15-29-14-31-33)32(2)24(35)22-13-30-34(23(22)18-6-7-18)21-5-3-4-19(12-21)25(26,27)28/h3-5,8-16,18H,6-7H2,1-2H3. The molecule has 1 fully saturated rings. The van der Waals surface area contributed by atoms with Crippen LogP contribution in [-0.4, -0.2) is 42.4 Å². The second-order valence-corrected chi connectivity index (χ2v) is 8.70. The lowest BCUT2D eigenvalue weighted by Crippen LogP contribution is -2.30. The van der Waals surface area contributed by atoms with Crippen LogP contribution in [0.5, 0.6) is 0 Å². The molecule has 1 unspecified atom stereocenters. The molecule has 0 N–H and O–H groups in total. The Morgan fingerprint density at radius 2 is 1.83 bits per heavy atom. The van der Waals surface area contributed by atoms with Gasteiger partial charge in [-0.25, -0.2) is 14.3 Å². The third kappa shape index (κ3) is 4.43. The Hall–Kier alpha value is -3.95. The Balaban J connectivity index is 1.42. The lowest BCUT2D eigenvalue weighted by Gasteiger charge is -2.25. The zero-order valence-electron chi connectivity index (χ0n) is 19.1. The second-order valence-electron chi connectivity index (χ2n) is 8.70. The predicted octanol–water partition coefficient (Wildman–Crippen LogP) is 5.18. The van der Waals surface area contributed by atoms with Crippen molar-refractivity contribution in [3.63, 3.8) is 0 Å². The van der Waals surface area contributed by atoms with Crippen LogP contribution in [0, 0.1) is 0 Å². The van der Waals surface area contributed by atoms with Crippen molar-refractivity contribution in [1.82, 2.24) is 29.4 Å². The molecule has 4 aromatic rings. The Morgan fingerprint density at radius 3 is 2.46 bits per heavy atom. The van der Waals surface area contributed by atoms with Gasteiger partial charge in [-0.05, 0) is 55.7 Å². The number of nitrogens with zero attached hydrogens (tertiary/aromatic N) is 6. The number of rotatable bonds is 6. The van der Waals surface area contributed by atoms with Crippen molar-refractivity contribution in [2.24, 2.45) is 0 Å². The first-order chi connectivity index (χ1) is 16.7. The first-order valence-electron chi connectivity index (χ1n) is 11.2. The predicted molar refractivity (Wildman–Crippen MR) is 122 cm³/mol. The van der Waals surface area contributed by atoms with E-state index in [1.165, 1.54) is 23.3 Å². The first-order valence-corrected chi connectivity index (χ1v) is 11.2. The molecule has 0 bridgehead atoms. The molecule has 5 rings (SSSR count). The molecule has 0 saturated heterocycles. The number of benzene rings is 2. The van der Waals surface area contributed by atoms with Crippen molar-refractivity contribution in [3.8, 4) is 11.4 Å². The van der Waals surface area contributed by atoms with Crippen LogP contribution in [0.25, 0.3) is 11.4 Å². The van der Waals surface area contributed by atoms with Gasteiger partial charge in [0.1, 0.15) is 12.7 Å². The van der Waals surface area contributed by atoms with Crippen LogP contribution in [0.1, 0.15) is 58.9 Å². The lowest BCUT2D eigenvalue weighted by molar-refractivity contribution is -0.137. The van der Waals surface area contributed by atoms with Crippen LogP contribution < -0.4 is 0 Å². The van der Waals surface area contributed by atoms with Gasteiger partial charge >= 0.3 is 6.18 Å². The summed E-state index contributed by atoms with van der Waals surface area (Å²) in [4.78, 5) is 19.1. The fourth-order valence-electron chi connectivity index (χ4n) is 4.13. The summed E-state index contributed by atoms with van der Waals surface area (Å²) < 4.78 is 42.9. The Bertz CT molecular complexity index is 1340. The van der Waals surface area contributed by atoms with E-state index in [1.807, 2.05) is 31.2 Å². The average molecular weight is 480 g/mol. The quantitative estimate of drug-likeness (QED) is 0.381. The minimum absolute atomic E-state index is 0.0941. The Kier molecular flexibility index (Phi) is 5.66. The molecule has 2 aromatic carbocycles. The van der Waals surface area contributed by atoms with Crippen LogP contribution in [-0.2, 0) is 6.18 Å². The zero-order valence-corrected chi connectivity index (χ0v) is 19.1. The van der Waals surface area contributed by atoms with Crippen LogP contribution in [0.4, 0.5) is 13.2 Å². The molecule has 1 saturated carbocycles. The van der Waals surface area contributed by atoms with E-state index in [0.717, 1.165) is 36.2 Å². The number of hydrogen-bond donors (Lipinski definition) is 0. The molecular weight excluding hydrogens is 457 g/mol. The summed E-state index contributed by atoms with van der Waals surface area (Å²) >= 11 is 0. The van der Waals surface area contributed by atoms with Crippen molar-refractivity contribution in [2.45, 2.75) is 37.9 Å². The molecule has 1 aliphatic rings. The van der Waals surface area contributed by atoms with E-state index in [0.29, 0.717) is 16.9 Å². The van der Waals surface area contributed by atoms with Gasteiger partial charge in [0.05, 0.1) is 40.4 Å². The monoisotopic (exact) mass is 480 g/mol. The smallest absolute Gasteiger partial charge is 0.335 e. The van der Waals surface area contributed by atoms with E-state index in [2.05, 4.69) is 15.2 Å². The summed E-state index contributed by atoms with van der Waals surface area (Å²) in [7, 11) is 1.72. The molecular formula is C25H23F3N6O. The highest BCUT2D eigenvalue weighted by molar-refractivity contribution is 5.95. The summed E-state index contributed by atoms with van der Waals surface area (Å²) in [6, 6.07) is 12.4. The Labute approximate surface area is 199 Å². The molecule has 0 spiro atoms. The van der Waals surface area contributed by atoms with Gasteiger partial charge < -0.3 is 4.90 Å². The first kappa shape index (κ1) is 22.8. The van der Waals surface area contributed by atoms with Crippen molar-refractivity contribution in [3.05, 3.63) is 89.8 Å². The van der Waals surface area contributed by atoms with E-state index >= 15 is 0 Å². The topological polar surface area (TPSA) is 68.8 Å². The molecule has 10 heteroatoms. The van der Waals surface area contributed by atoms with Crippen LogP contribution in [0.15, 0.2) is 67.4 Å². The number of carbonyl (C=O) groups excluding carboxylic acids is 1. The number of aromatic nitrogens is 5. The summed E-state index contributed by atoms with van der Waals surface area (Å²) in [5.41, 5.74) is 2.41. The minimum atomic E-state index is -4.46. The summed E-state index contributed by atoms with van der Waals surface area (Å²) in [6.07, 6.45) is 1.81. The summed E-state index contributed by atoms with van der Waals surface area (Å²) in [5, 5.41) is 8.44. The van der Waals surface area contributed by atoms with Crippen molar-refractivity contribution < 1.29 is 18.0 Å². The van der Waals surface area contributed by atoms with Gasteiger partial charge in [0.2, 0.25) is 0 Å². The third-order valence-corrected chi connectivity index (χ3v) is 6.38. The van der Waals surface area contributed by atoms with Gasteiger partial charge in [-0.15, -0.1) is 0 Å². The van der Waals surface area contributed by atoms with Gasteiger partial charge in [-0.2, -0.15) is 23.4 Å². The molecule has 1 aliphatic carbocycles. The molecule has 7 nitrogen and oxygen atoms in total. The van der Waals surface area contributed by atoms with Gasteiger partial charge in [0.25, 0.3) is 5.91 Å².